The Morgan fingerprint density at radius 1 is 1.08 bits per heavy atom. The van der Waals surface area contributed by atoms with Crippen molar-refractivity contribution in [2.75, 3.05) is 23.2 Å². The summed E-state index contributed by atoms with van der Waals surface area (Å²) in [6.45, 7) is 0.105. The van der Waals surface area contributed by atoms with Crippen molar-refractivity contribution in [3.63, 3.8) is 0 Å². The van der Waals surface area contributed by atoms with Gasteiger partial charge in [-0.15, -0.1) is 0 Å². The van der Waals surface area contributed by atoms with Crippen LogP contribution in [0.25, 0.3) is 0 Å². The smallest absolute Gasteiger partial charge is 0.412 e. The van der Waals surface area contributed by atoms with Crippen LogP contribution in [0.3, 0.4) is 0 Å². The van der Waals surface area contributed by atoms with Gasteiger partial charge in [-0.25, -0.2) is 9.18 Å². The lowest BCUT2D eigenvalue weighted by Gasteiger charge is -2.19. The molecule has 0 aliphatic carbocycles. The zero-order valence-electron chi connectivity index (χ0n) is 19.8. The molecule has 0 spiro atoms. The lowest BCUT2D eigenvalue weighted by atomic mass is 10.0. The molecule has 3 aromatic rings. The molecule has 1 aliphatic rings. The number of benzene rings is 3. The molecule has 0 unspecified atom stereocenters. The molecule has 1 aliphatic heterocycles. The third-order valence-electron chi connectivity index (χ3n) is 5.54. The SMILES string of the molecule is Nc1ccccc1NC(=O)/C=C/CCC[C@H](OC(=O)Nc1ccc2c(c1)OCO2)c1ccc(O)c(F)c1. The molecule has 5 N–H and O–H groups in total. The third-order valence-corrected chi connectivity index (χ3v) is 5.54. The van der Waals surface area contributed by atoms with Gasteiger partial charge in [-0.3, -0.25) is 10.1 Å². The predicted molar refractivity (Wildman–Crippen MR) is 136 cm³/mol. The molecule has 0 fully saturated rings. The number of hydrogen-bond acceptors (Lipinski definition) is 7. The number of phenols is 1. The van der Waals surface area contributed by atoms with Crippen molar-refractivity contribution in [3.05, 3.63) is 84.2 Å². The molecule has 9 nitrogen and oxygen atoms in total. The van der Waals surface area contributed by atoms with E-state index in [0.29, 0.717) is 53.4 Å². The van der Waals surface area contributed by atoms with Crippen LogP contribution in [0.15, 0.2) is 72.8 Å². The number of carbonyl (C=O) groups excluding carboxylic acids is 2. The summed E-state index contributed by atoms with van der Waals surface area (Å²) in [5.74, 6) is -0.570. The first-order valence-corrected chi connectivity index (χ1v) is 11.6. The van der Waals surface area contributed by atoms with Crippen molar-refractivity contribution < 1.29 is 33.3 Å². The highest BCUT2D eigenvalue weighted by Gasteiger charge is 2.20. The van der Waals surface area contributed by atoms with Gasteiger partial charge < -0.3 is 30.4 Å². The molecule has 2 amide bonds. The van der Waals surface area contributed by atoms with Crippen molar-refractivity contribution in [1.82, 2.24) is 0 Å². The van der Waals surface area contributed by atoms with Crippen LogP contribution in [0, 0.1) is 5.82 Å². The summed E-state index contributed by atoms with van der Waals surface area (Å²) in [6, 6.07) is 15.7. The van der Waals surface area contributed by atoms with Gasteiger partial charge in [0.2, 0.25) is 12.7 Å². The van der Waals surface area contributed by atoms with E-state index in [4.69, 9.17) is 19.9 Å². The van der Waals surface area contributed by atoms with E-state index < -0.39 is 23.8 Å². The molecular formula is C27H26FN3O6. The number of unbranched alkanes of at least 4 members (excludes halogenated alkanes) is 1. The Balaban J connectivity index is 1.34. The summed E-state index contributed by atoms with van der Waals surface area (Å²) < 4.78 is 30.1. The van der Waals surface area contributed by atoms with Gasteiger partial charge >= 0.3 is 6.09 Å². The molecule has 0 aromatic heterocycles. The van der Waals surface area contributed by atoms with Gasteiger partial charge in [-0.05, 0) is 67.3 Å². The molecule has 1 atom stereocenters. The van der Waals surface area contributed by atoms with Crippen molar-refractivity contribution in [2.24, 2.45) is 0 Å². The highest BCUT2D eigenvalue weighted by molar-refractivity contribution is 6.01. The van der Waals surface area contributed by atoms with Crippen LogP contribution in [0.2, 0.25) is 0 Å². The number of nitrogens with two attached hydrogens (primary N) is 1. The van der Waals surface area contributed by atoms with Gasteiger partial charge in [0, 0.05) is 11.8 Å². The van der Waals surface area contributed by atoms with Crippen LogP contribution in [-0.2, 0) is 9.53 Å². The number of rotatable bonds is 9. The number of ether oxygens (including phenoxy) is 3. The van der Waals surface area contributed by atoms with Crippen molar-refractivity contribution in [2.45, 2.75) is 25.4 Å². The van der Waals surface area contributed by atoms with E-state index in [0.717, 1.165) is 6.07 Å². The Labute approximate surface area is 212 Å². The molecule has 4 rings (SSSR count). The maximum atomic E-state index is 14.0. The number of phenolic OH excluding ortho intramolecular Hbond substituents is 1. The fourth-order valence-electron chi connectivity index (χ4n) is 3.66. The number of halogens is 1. The fourth-order valence-corrected chi connectivity index (χ4v) is 3.66. The van der Waals surface area contributed by atoms with Crippen LogP contribution in [0.4, 0.5) is 26.2 Å². The van der Waals surface area contributed by atoms with Crippen molar-refractivity contribution in [3.8, 4) is 17.2 Å². The number of para-hydroxylation sites is 2. The average Bonchev–Trinajstić information content (AvgIpc) is 3.34. The number of nitrogen functional groups attached to an aromatic ring is 1. The zero-order valence-corrected chi connectivity index (χ0v) is 19.8. The normalized spacial score (nSPS) is 12.8. The summed E-state index contributed by atoms with van der Waals surface area (Å²) in [5, 5.41) is 14.9. The standard InChI is InChI=1S/C27H26FN3O6/c28-19-14-17(10-12-22(19)32)23(37-27(34)30-18-11-13-24-25(15-18)36-16-35-24)8-2-1-3-9-26(33)31-21-7-5-4-6-20(21)29/h3-7,9-15,23,32H,1-2,8,16,29H2,(H,30,34)(H,31,33)/b9-3+/t23-/m0/s1. The zero-order chi connectivity index (χ0) is 26.2. The van der Waals surface area contributed by atoms with E-state index in [-0.39, 0.29) is 12.7 Å². The summed E-state index contributed by atoms with van der Waals surface area (Å²) in [7, 11) is 0. The Morgan fingerprint density at radius 2 is 1.89 bits per heavy atom. The Hall–Kier alpha value is -4.73. The maximum Gasteiger partial charge on any atom is 0.412 e. The summed E-state index contributed by atoms with van der Waals surface area (Å²) in [6.07, 6.45) is 2.92. The average molecular weight is 508 g/mol. The molecular weight excluding hydrogens is 481 g/mol. The lowest BCUT2D eigenvalue weighted by molar-refractivity contribution is -0.111. The number of fused-ring (bicyclic) bond motifs is 1. The molecule has 0 bridgehead atoms. The summed E-state index contributed by atoms with van der Waals surface area (Å²) in [5.41, 5.74) is 7.64. The first-order chi connectivity index (χ1) is 17.9. The van der Waals surface area contributed by atoms with Gasteiger partial charge in [0.05, 0.1) is 11.4 Å². The minimum Gasteiger partial charge on any atom is -0.505 e. The van der Waals surface area contributed by atoms with Gasteiger partial charge in [0.25, 0.3) is 0 Å². The second-order valence-electron chi connectivity index (χ2n) is 8.21. The second-order valence-corrected chi connectivity index (χ2v) is 8.21. The molecule has 192 valence electrons. The largest absolute Gasteiger partial charge is 0.505 e. The van der Waals surface area contributed by atoms with Crippen LogP contribution in [0.1, 0.15) is 30.9 Å². The van der Waals surface area contributed by atoms with Crippen LogP contribution in [-0.4, -0.2) is 23.9 Å². The number of hydrogen-bond donors (Lipinski definition) is 4. The highest BCUT2D eigenvalue weighted by Crippen LogP contribution is 2.34. The van der Waals surface area contributed by atoms with E-state index in [1.165, 1.54) is 18.2 Å². The van der Waals surface area contributed by atoms with Crippen LogP contribution in [0.5, 0.6) is 17.2 Å². The Bertz CT molecular complexity index is 1310. The molecule has 0 saturated heterocycles. The summed E-state index contributed by atoms with van der Waals surface area (Å²) >= 11 is 0. The van der Waals surface area contributed by atoms with Gasteiger partial charge in [-0.2, -0.15) is 0 Å². The lowest BCUT2D eigenvalue weighted by Crippen LogP contribution is -2.18. The van der Waals surface area contributed by atoms with E-state index in [1.807, 2.05) is 0 Å². The molecule has 37 heavy (non-hydrogen) atoms. The Kier molecular flexibility index (Phi) is 8.09. The first-order valence-electron chi connectivity index (χ1n) is 11.6. The van der Waals surface area contributed by atoms with Crippen molar-refractivity contribution in [1.29, 1.82) is 0 Å². The number of aromatic hydroxyl groups is 1. The monoisotopic (exact) mass is 507 g/mol. The molecule has 10 heteroatoms. The number of anilines is 3. The third kappa shape index (κ3) is 6.91. The highest BCUT2D eigenvalue weighted by atomic mass is 19.1. The Morgan fingerprint density at radius 3 is 2.70 bits per heavy atom. The molecule has 3 aromatic carbocycles. The predicted octanol–water partition coefficient (Wildman–Crippen LogP) is 5.50. The first kappa shape index (κ1) is 25.4. The molecule has 0 saturated carbocycles. The fraction of sp³-hybridized carbons (Fsp3) is 0.185. The maximum absolute atomic E-state index is 14.0. The van der Waals surface area contributed by atoms with E-state index in [2.05, 4.69) is 10.6 Å². The number of carbonyl (C=O) groups is 2. The van der Waals surface area contributed by atoms with Crippen molar-refractivity contribution >= 4 is 29.1 Å². The molecule has 0 radical (unpaired) electrons. The summed E-state index contributed by atoms with van der Waals surface area (Å²) in [4.78, 5) is 24.7. The van der Waals surface area contributed by atoms with Crippen LogP contribution < -0.4 is 25.8 Å². The number of amides is 2. The van der Waals surface area contributed by atoms with E-state index in [9.17, 15) is 19.1 Å². The molecule has 1 heterocycles. The van der Waals surface area contributed by atoms with Gasteiger partial charge in [0.15, 0.2) is 23.1 Å². The second kappa shape index (κ2) is 11.8. The van der Waals surface area contributed by atoms with E-state index >= 15 is 0 Å². The van der Waals surface area contributed by atoms with Gasteiger partial charge in [0.1, 0.15) is 6.10 Å². The quantitative estimate of drug-likeness (QED) is 0.171. The van der Waals surface area contributed by atoms with E-state index in [1.54, 1.807) is 48.5 Å². The van der Waals surface area contributed by atoms with Gasteiger partial charge in [-0.1, -0.05) is 24.3 Å². The number of allylic oxidation sites excluding steroid dienone is 1. The topological polar surface area (TPSA) is 132 Å². The number of nitrogens with one attached hydrogen (secondary N) is 2. The van der Waals surface area contributed by atoms with Crippen LogP contribution >= 0.6 is 0 Å². The minimum atomic E-state index is -0.820. The minimum absolute atomic E-state index is 0.105.